The summed E-state index contributed by atoms with van der Waals surface area (Å²) in [5, 5.41) is 3.05. The van der Waals surface area contributed by atoms with Crippen molar-refractivity contribution in [3.05, 3.63) is 29.5 Å². The lowest BCUT2D eigenvalue weighted by molar-refractivity contribution is -0.136. The smallest absolute Gasteiger partial charge is 0.222 e. The fraction of sp³-hybridized carbons (Fsp3) is 0.529. The summed E-state index contributed by atoms with van der Waals surface area (Å²) < 4.78 is 5.41. The van der Waals surface area contributed by atoms with Crippen molar-refractivity contribution in [2.24, 2.45) is 0 Å². The molecule has 4 rings (SSSR count). The Hall–Kier alpha value is -1.66. The summed E-state index contributed by atoms with van der Waals surface area (Å²) in [5.41, 5.74) is 1.09. The van der Waals surface area contributed by atoms with Crippen LogP contribution in [0.1, 0.15) is 31.9 Å². The summed E-state index contributed by atoms with van der Waals surface area (Å²) in [5.74, 6) is 1.14. The van der Waals surface area contributed by atoms with Crippen molar-refractivity contribution in [3.63, 3.8) is 0 Å². The third kappa shape index (κ3) is 2.81. The lowest BCUT2D eigenvalue weighted by Crippen LogP contribution is -2.55. The van der Waals surface area contributed by atoms with Gasteiger partial charge in [-0.2, -0.15) is 0 Å². The van der Waals surface area contributed by atoms with Crippen LogP contribution in [0.15, 0.2) is 28.2 Å². The van der Waals surface area contributed by atoms with E-state index in [2.05, 4.69) is 15.2 Å². The van der Waals surface area contributed by atoms with Crippen molar-refractivity contribution in [3.8, 4) is 10.8 Å². The Labute approximate surface area is 139 Å². The number of piperazine rings is 1. The van der Waals surface area contributed by atoms with E-state index in [1.807, 2.05) is 19.1 Å². The molecule has 4 heterocycles. The quantitative estimate of drug-likeness (QED) is 0.864. The first-order chi connectivity index (χ1) is 11.2. The highest BCUT2D eigenvalue weighted by Crippen LogP contribution is 2.32. The Morgan fingerprint density at radius 3 is 2.83 bits per heavy atom. The monoisotopic (exact) mass is 331 g/mol. The minimum Gasteiger partial charge on any atom is -0.462 e. The van der Waals surface area contributed by atoms with Crippen LogP contribution in [0.3, 0.4) is 0 Å². The Morgan fingerprint density at radius 1 is 1.39 bits per heavy atom. The molecule has 2 bridgehead atoms. The van der Waals surface area contributed by atoms with Crippen molar-refractivity contribution in [1.29, 1.82) is 0 Å². The van der Waals surface area contributed by atoms with E-state index in [1.165, 1.54) is 0 Å². The third-order valence-corrected chi connectivity index (χ3v) is 5.72. The van der Waals surface area contributed by atoms with Gasteiger partial charge in [-0.15, -0.1) is 11.3 Å². The lowest BCUT2D eigenvalue weighted by atomic mass is 10.1. The maximum absolute atomic E-state index is 12.1. The average molecular weight is 331 g/mol. The van der Waals surface area contributed by atoms with E-state index >= 15 is 0 Å². The summed E-state index contributed by atoms with van der Waals surface area (Å²) in [6.45, 7) is 4.75. The van der Waals surface area contributed by atoms with Crippen LogP contribution in [-0.4, -0.2) is 45.9 Å². The van der Waals surface area contributed by atoms with E-state index in [9.17, 15) is 4.79 Å². The van der Waals surface area contributed by atoms with Gasteiger partial charge in [-0.1, -0.05) is 6.92 Å². The average Bonchev–Trinajstić information content (AvgIpc) is 3.26. The number of aromatic nitrogens is 1. The summed E-state index contributed by atoms with van der Waals surface area (Å²) in [7, 11) is 0. The predicted octanol–water partition coefficient (Wildman–Crippen LogP) is 2.99. The van der Waals surface area contributed by atoms with Crippen molar-refractivity contribution < 1.29 is 9.21 Å². The first-order valence-electron chi connectivity index (χ1n) is 8.26. The number of carbonyl (C=O) groups is 1. The van der Waals surface area contributed by atoms with Crippen LogP contribution >= 0.6 is 11.3 Å². The molecule has 1 amide bonds. The number of rotatable bonds is 4. The summed E-state index contributed by atoms with van der Waals surface area (Å²) in [4.78, 5) is 21.4. The van der Waals surface area contributed by atoms with E-state index in [0.29, 0.717) is 24.4 Å². The summed E-state index contributed by atoms with van der Waals surface area (Å²) >= 11 is 1.63. The number of likely N-dealkylation sites (tertiary alicyclic amines) is 1. The van der Waals surface area contributed by atoms with Gasteiger partial charge < -0.3 is 9.32 Å². The predicted molar refractivity (Wildman–Crippen MR) is 89.0 cm³/mol. The number of amides is 1. The molecule has 2 saturated heterocycles. The largest absolute Gasteiger partial charge is 0.462 e. The maximum atomic E-state index is 12.1. The molecule has 0 aliphatic carbocycles. The van der Waals surface area contributed by atoms with Gasteiger partial charge in [0.2, 0.25) is 5.91 Å². The molecule has 2 unspecified atom stereocenters. The van der Waals surface area contributed by atoms with Crippen LogP contribution < -0.4 is 0 Å². The van der Waals surface area contributed by atoms with Gasteiger partial charge in [0.15, 0.2) is 10.8 Å². The molecular weight excluding hydrogens is 310 g/mol. The van der Waals surface area contributed by atoms with E-state index in [-0.39, 0.29) is 0 Å². The molecule has 0 radical (unpaired) electrons. The fourth-order valence-electron chi connectivity index (χ4n) is 3.83. The molecule has 2 aliphatic heterocycles. The number of fused-ring (bicyclic) bond motifs is 2. The SMILES string of the molecule is CCC(=O)N1C2CCC1CN(Cc1csc(-c3ccco3)n1)C2. The fourth-order valence-corrected chi connectivity index (χ4v) is 4.61. The maximum Gasteiger partial charge on any atom is 0.222 e. The van der Waals surface area contributed by atoms with Crippen molar-refractivity contribution in [1.82, 2.24) is 14.8 Å². The van der Waals surface area contributed by atoms with Gasteiger partial charge in [-0.05, 0) is 25.0 Å². The van der Waals surface area contributed by atoms with Crippen LogP contribution in [0.2, 0.25) is 0 Å². The topological polar surface area (TPSA) is 49.6 Å². The van der Waals surface area contributed by atoms with E-state index in [1.54, 1.807) is 17.6 Å². The van der Waals surface area contributed by atoms with Gasteiger partial charge in [0.1, 0.15) is 0 Å². The number of hydrogen-bond donors (Lipinski definition) is 0. The number of furan rings is 1. The van der Waals surface area contributed by atoms with Crippen LogP contribution in [0.4, 0.5) is 0 Å². The van der Waals surface area contributed by atoms with Gasteiger partial charge >= 0.3 is 0 Å². The zero-order chi connectivity index (χ0) is 15.8. The first-order valence-corrected chi connectivity index (χ1v) is 9.14. The van der Waals surface area contributed by atoms with Gasteiger partial charge in [0.05, 0.1) is 12.0 Å². The number of nitrogens with zero attached hydrogens (tertiary/aromatic N) is 3. The van der Waals surface area contributed by atoms with E-state index < -0.39 is 0 Å². The van der Waals surface area contributed by atoms with Gasteiger partial charge in [0, 0.05) is 43.5 Å². The molecule has 5 nitrogen and oxygen atoms in total. The molecular formula is C17H21N3O2S. The van der Waals surface area contributed by atoms with Crippen molar-refractivity contribution >= 4 is 17.2 Å². The highest BCUT2D eigenvalue weighted by atomic mass is 32.1. The molecule has 0 N–H and O–H groups in total. The van der Waals surface area contributed by atoms with Gasteiger partial charge in [-0.25, -0.2) is 4.98 Å². The molecule has 2 fully saturated rings. The lowest BCUT2D eigenvalue weighted by Gasteiger charge is -2.40. The molecule has 2 aliphatic rings. The van der Waals surface area contributed by atoms with Crippen LogP contribution in [0.25, 0.3) is 10.8 Å². The van der Waals surface area contributed by atoms with Crippen LogP contribution in [0, 0.1) is 0 Å². The zero-order valence-corrected chi connectivity index (χ0v) is 14.1. The Kier molecular flexibility index (Phi) is 3.95. The second-order valence-corrected chi connectivity index (χ2v) is 7.21. The van der Waals surface area contributed by atoms with Gasteiger partial charge in [0.25, 0.3) is 0 Å². The number of hydrogen-bond acceptors (Lipinski definition) is 5. The molecule has 122 valence electrons. The highest BCUT2D eigenvalue weighted by molar-refractivity contribution is 7.13. The second-order valence-electron chi connectivity index (χ2n) is 6.35. The Morgan fingerprint density at radius 2 is 2.17 bits per heavy atom. The molecule has 2 atom stereocenters. The Balaban J connectivity index is 1.42. The highest BCUT2D eigenvalue weighted by Gasteiger charge is 2.41. The van der Waals surface area contributed by atoms with E-state index in [0.717, 1.165) is 48.9 Å². The minimum absolute atomic E-state index is 0.311. The van der Waals surface area contributed by atoms with Crippen molar-refractivity contribution in [2.75, 3.05) is 13.1 Å². The minimum atomic E-state index is 0.311. The summed E-state index contributed by atoms with van der Waals surface area (Å²) in [6.07, 6.45) is 4.58. The zero-order valence-electron chi connectivity index (χ0n) is 13.3. The number of carbonyl (C=O) groups excluding carboxylic acids is 1. The molecule has 23 heavy (non-hydrogen) atoms. The normalized spacial score (nSPS) is 24.3. The van der Waals surface area contributed by atoms with Crippen molar-refractivity contribution in [2.45, 2.75) is 44.8 Å². The standard InChI is InChI=1S/C17H21N3O2S/c1-2-16(21)20-13-5-6-14(20)10-19(9-13)8-12-11-23-17(18-12)15-4-3-7-22-15/h3-4,7,11,13-14H,2,5-6,8-10H2,1H3. The molecule has 2 aromatic heterocycles. The molecule has 0 spiro atoms. The summed E-state index contributed by atoms with van der Waals surface area (Å²) in [6, 6.07) is 4.62. The second kappa shape index (κ2) is 6.09. The number of thiazole rings is 1. The van der Waals surface area contributed by atoms with Crippen LogP contribution in [-0.2, 0) is 11.3 Å². The molecule has 2 aromatic rings. The molecule has 6 heteroatoms. The Bertz CT molecular complexity index is 668. The molecule has 0 aromatic carbocycles. The van der Waals surface area contributed by atoms with Gasteiger partial charge in [-0.3, -0.25) is 9.69 Å². The van der Waals surface area contributed by atoms with E-state index in [4.69, 9.17) is 9.40 Å². The first kappa shape index (κ1) is 14.9. The third-order valence-electron chi connectivity index (χ3n) is 4.82. The van der Waals surface area contributed by atoms with Crippen LogP contribution in [0.5, 0.6) is 0 Å². The molecule has 0 saturated carbocycles.